The van der Waals surface area contributed by atoms with Crippen molar-refractivity contribution in [3.05, 3.63) is 0 Å². The topological polar surface area (TPSA) is 66.8 Å². The smallest absolute Gasteiger partial charge is 0.323 e. The number of carboxylic acid groups (broad SMARTS) is 1. The second-order valence-electron chi connectivity index (χ2n) is 9.21. The number of carbonyl (C=O) groups excluding carboxylic acids is 1. The highest BCUT2D eigenvalue weighted by molar-refractivity contribution is 5.99. The highest BCUT2D eigenvalue weighted by Gasteiger charge is 2.50. The van der Waals surface area contributed by atoms with Gasteiger partial charge in [-0.3, -0.25) is 14.5 Å². The van der Waals surface area contributed by atoms with Crippen LogP contribution in [0.15, 0.2) is 0 Å². The molecule has 1 aliphatic rings. The maximum absolute atomic E-state index is 13.1. The molecule has 0 radical (unpaired) electrons. The second-order valence-corrected chi connectivity index (χ2v) is 9.21. The fraction of sp³-hybridized carbons (Fsp3) is 0.905. The molecule has 1 heterocycles. The Bertz CT molecular complexity index is 472. The van der Waals surface area contributed by atoms with E-state index >= 15 is 0 Å². The summed E-state index contributed by atoms with van der Waals surface area (Å²) in [5.74, 6) is -1.57. The van der Waals surface area contributed by atoms with E-state index in [2.05, 4.69) is 39.6 Å². The normalized spacial score (nSPS) is 20.7. The molecule has 0 aromatic carbocycles. The molecule has 0 aromatic heterocycles. The van der Waals surface area contributed by atoms with Crippen LogP contribution < -0.4 is 0 Å². The van der Waals surface area contributed by atoms with Crippen LogP contribution in [0.2, 0.25) is 0 Å². The van der Waals surface area contributed by atoms with E-state index < -0.39 is 17.4 Å². The third kappa shape index (κ3) is 4.99. The monoisotopic (exact) mass is 369 g/mol. The predicted molar refractivity (Wildman–Crippen MR) is 104 cm³/mol. The first-order valence-electron chi connectivity index (χ1n) is 10.1. The Hall–Kier alpha value is -1.10. The van der Waals surface area contributed by atoms with Crippen LogP contribution in [-0.4, -0.2) is 46.2 Å². The first-order valence-corrected chi connectivity index (χ1v) is 10.1. The second kappa shape index (κ2) is 8.73. The van der Waals surface area contributed by atoms with Crippen LogP contribution in [0, 0.1) is 5.41 Å². The van der Waals surface area contributed by atoms with Gasteiger partial charge in [-0.15, -0.1) is 0 Å². The van der Waals surface area contributed by atoms with Gasteiger partial charge in [-0.05, 0) is 47.6 Å². The Morgan fingerprint density at radius 3 is 1.81 bits per heavy atom. The zero-order chi connectivity index (χ0) is 20.2. The lowest BCUT2D eigenvalue weighted by molar-refractivity contribution is -0.180. The van der Waals surface area contributed by atoms with Gasteiger partial charge in [0.05, 0.1) is 0 Å². The summed E-state index contributed by atoms with van der Waals surface area (Å²) in [5.41, 5.74) is -1.61. The molecular weight excluding hydrogens is 330 g/mol. The van der Waals surface area contributed by atoms with E-state index in [0.29, 0.717) is 12.8 Å². The van der Waals surface area contributed by atoms with E-state index in [1.165, 1.54) is 0 Å². The molecule has 5 heteroatoms. The van der Waals surface area contributed by atoms with E-state index in [4.69, 9.17) is 4.74 Å². The summed E-state index contributed by atoms with van der Waals surface area (Å²) in [6.07, 6.45) is 5.07. The molecular formula is C21H39NO4. The molecule has 0 aliphatic carbocycles. The van der Waals surface area contributed by atoms with E-state index in [1.54, 1.807) is 0 Å². The molecule has 1 fully saturated rings. The number of piperidine rings is 1. The fourth-order valence-electron chi connectivity index (χ4n) is 4.21. The van der Waals surface area contributed by atoms with Gasteiger partial charge < -0.3 is 9.84 Å². The Balaban J connectivity index is 3.03. The SMILES string of the molecule is CCCCC(CCCC)(C(=O)O)C(=O)OC1CC(C)(C)N(C)C(C)(C)C1. The summed E-state index contributed by atoms with van der Waals surface area (Å²) < 4.78 is 5.89. The van der Waals surface area contributed by atoms with E-state index in [0.717, 1.165) is 38.5 Å². The van der Waals surface area contributed by atoms with Crippen LogP contribution in [0.1, 0.15) is 92.9 Å². The molecule has 0 atom stereocenters. The van der Waals surface area contributed by atoms with Gasteiger partial charge in [0.25, 0.3) is 0 Å². The summed E-state index contributed by atoms with van der Waals surface area (Å²) in [5, 5.41) is 9.92. The Morgan fingerprint density at radius 1 is 1.04 bits per heavy atom. The van der Waals surface area contributed by atoms with Gasteiger partial charge in [0.1, 0.15) is 6.10 Å². The number of aliphatic carboxylic acids is 1. The number of esters is 1. The average molecular weight is 370 g/mol. The molecule has 0 spiro atoms. The third-order valence-corrected chi connectivity index (χ3v) is 6.26. The van der Waals surface area contributed by atoms with Crippen molar-refractivity contribution < 1.29 is 19.4 Å². The number of rotatable bonds is 9. The highest BCUT2D eigenvalue weighted by Crippen LogP contribution is 2.40. The van der Waals surface area contributed by atoms with Crippen molar-refractivity contribution in [3.8, 4) is 0 Å². The van der Waals surface area contributed by atoms with Gasteiger partial charge in [-0.1, -0.05) is 39.5 Å². The minimum atomic E-state index is -1.40. The number of nitrogens with zero attached hydrogens (tertiary/aromatic N) is 1. The van der Waals surface area contributed by atoms with Crippen LogP contribution in [0.25, 0.3) is 0 Å². The molecule has 0 unspecified atom stereocenters. The quantitative estimate of drug-likeness (QED) is 0.474. The molecule has 0 bridgehead atoms. The largest absolute Gasteiger partial charge is 0.480 e. The van der Waals surface area contributed by atoms with Crippen molar-refractivity contribution in [1.82, 2.24) is 4.90 Å². The first kappa shape index (κ1) is 22.9. The zero-order valence-corrected chi connectivity index (χ0v) is 17.9. The van der Waals surface area contributed by atoms with Crippen molar-refractivity contribution in [2.45, 2.75) is 110 Å². The number of likely N-dealkylation sites (tertiary alicyclic amines) is 1. The maximum Gasteiger partial charge on any atom is 0.323 e. The van der Waals surface area contributed by atoms with Gasteiger partial charge in [0.2, 0.25) is 0 Å². The van der Waals surface area contributed by atoms with Crippen LogP contribution in [0.5, 0.6) is 0 Å². The van der Waals surface area contributed by atoms with Crippen molar-refractivity contribution in [1.29, 1.82) is 0 Å². The van der Waals surface area contributed by atoms with Gasteiger partial charge in [-0.25, -0.2) is 0 Å². The molecule has 0 saturated carbocycles. The molecule has 1 rings (SSSR count). The predicted octanol–water partition coefficient (Wildman–Crippen LogP) is 4.63. The first-order chi connectivity index (χ1) is 11.9. The molecule has 5 nitrogen and oxygen atoms in total. The lowest BCUT2D eigenvalue weighted by atomic mass is 9.77. The number of carboxylic acids is 1. The Morgan fingerprint density at radius 2 is 1.46 bits per heavy atom. The van der Waals surface area contributed by atoms with Crippen LogP contribution >= 0.6 is 0 Å². The molecule has 26 heavy (non-hydrogen) atoms. The lowest BCUT2D eigenvalue weighted by Crippen LogP contribution is -2.60. The molecule has 152 valence electrons. The Kier molecular flexibility index (Phi) is 7.70. The number of unbranched alkanes of at least 4 members (excludes halogenated alkanes) is 2. The molecule has 1 aliphatic heterocycles. The maximum atomic E-state index is 13.1. The van der Waals surface area contributed by atoms with Crippen molar-refractivity contribution in [3.63, 3.8) is 0 Å². The summed E-state index contributed by atoms with van der Waals surface area (Å²) in [7, 11) is 2.10. The van der Waals surface area contributed by atoms with Crippen molar-refractivity contribution in [2.24, 2.45) is 5.41 Å². The van der Waals surface area contributed by atoms with Gasteiger partial charge in [0, 0.05) is 23.9 Å². The summed E-state index contributed by atoms with van der Waals surface area (Å²) in [6.45, 7) is 12.6. The van der Waals surface area contributed by atoms with Gasteiger partial charge in [-0.2, -0.15) is 0 Å². The van der Waals surface area contributed by atoms with E-state index in [9.17, 15) is 14.7 Å². The fourth-order valence-corrected chi connectivity index (χ4v) is 4.21. The summed E-state index contributed by atoms with van der Waals surface area (Å²) >= 11 is 0. The summed E-state index contributed by atoms with van der Waals surface area (Å²) in [4.78, 5) is 27.5. The average Bonchev–Trinajstić information content (AvgIpc) is 2.52. The molecule has 0 aromatic rings. The Labute approximate surface area is 159 Å². The minimum Gasteiger partial charge on any atom is -0.480 e. The number of hydrogen-bond donors (Lipinski definition) is 1. The van der Waals surface area contributed by atoms with Crippen molar-refractivity contribution >= 4 is 11.9 Å². The third-order valence-electron chi connectivity index (χ3n) is 6.26. The van der Waals surface area contributed by atoms with Gasteiger partial charge >= 0.3 is 11.9 Å². The standard InChI is InChI=1S/C21H39NO4/c1-8-10-12-21(17(23)24,13-11-9-2)18(25)26-16-14-19(3,4)22(7)20(5,6)15-16/h16H,8-15H2,1-7H3,(H,23,24). The number of ether oxygens (including phenoxy) is 1. The lowest BCUT2D eigenvalue weighted by Gasteiger charge is -2.53. The van der Waals surface area contributed by atoms with Crippen LogP contribution in [0.4, 0.5) is 0 Å². The number of carbonyl (C=O) groups is 2. The van der Waals surface area contributed by atoms with Crippen molar-refractivity contribution in [2.75, 3.05) is 7.05 Å². The highest BCUT2D eigenvalue weighted by atomic mass is 16.5. The minimum absolute atomic E-state index is 0.106. The number of hydrogen-bond acceptors (Lipinski definition) is 4. The van der Waals surface area contributed by atoms with E-state index in [-0.39, 0.29) is 17.2 Å². The zero-order valence-electron chi connectivity index (χ0n) is 17.9. The summed E-state index contributed by atoms with van der Waals surface area (Å²) in [6, 6.07) is 0. The van der Waals surface area contributed by atoms with Crippen LogP contribution in [0.3, 0.4) is 0 Å². The molecule has 0 amide bonds. The molecule has 1 N–H and O–H groups in total. The molecule has 1 saturated heterocycles. The van der Waals surface area contributed by atoms with Gasteiger partial charge in [0.15, 0.2) is 5.41 Å². The van der Waals surface area contributed by atoms with E-state index in [1.807, 2.05) is 13.8 Å². The van der Waals surface area contributed by atoms with Crippen LogP contribution in [-0.2, 0) is 14.3 Å².